The Morgan fingerprint density at radius 2 is 1.76 bits per heavy atom. The van der Waals surface area contributed by atoms with Gasteiger partial charge in [0.1, 0.15) is 0 Å². The summed E-state index contributed by atoms with van der Waals surface area (Å²) < 4.78 is 0. The third-order valence-corrected chi connectivity index (χ3v) is 3.50. The summed E-state index contributed by atoms with van der Waals surface area (Å²) in [4.78, 5) is 0. The fourth-order valence-corrected chi connectivity index (χ4v) is 2.50. The van der Waals surface area contributed by atoms with Crippen molar-refractivity contribution < 1.29 is 0 Å². The van der Waals surface area contributed by atoms with Crippen molar-refractivity contribution in [3.63, 3.8) is 0 Å². The normalized spacial score (nSPS) is 12.8. The van der Waals surface area contributed by atoms with E-state index in [9.17, 15) is 0 Å². The molecular formula is C17H22. The second kappa shape index (κ2) is 5.86. The highest BCUT2D eigenvalue weighted by atomic mass is 14.1. The van der Waals surface area contributed by atoms with Crippen molar-refractivity contribution in [2.45, 2.75) is 39.5 Å². The first-order chi connectivity index (χ1) is 8.31. The van der Waals surface area contributed by atoms with Crippen molar-refractivity contribution in [2.24, 2.45) is 5.92 Å². The van der Waals surface area contributed by atoms with Gasteiger partial charge in [-0.3, -0.25) is 0 Å². The minimum Gasteiger partial charge on any atom is -0.0654 e. The molecule has 0 N–H and O–H groups in total. The average molecular weight is 226 g/mol. The molecule has 1 atom stereocenters. The third-order valence-electron chi connectivity index (χ3n) is 3.50. The van der Waals surface area contributed by atoms with Crippen LogP contribution >= 0.6 is 0 Å². The zero-order valence-electron chi connectivity index (χ0n) is 10.9. The highest BCUT2D eigenvalue weighted by Gasteiger charge is 2.06. The van der Waals surface area contributed by atoms with Crippen LogP contribution in [0.5, 0.6) is 0 Å². The van der Waals surface area contributed by atoms with E-state index in [0.717, 1.165) is 5.92 Å². The van der Waals surface area contributed by atoms with Crippen molar-refractivity contribution in [1.82, 2.24) is 0 Å². The van der Waals surface area contributed by atoms with Crippen LogP contribution in [0.4, 0.5) is 0 Å². The topological polar surface area (TPSA) is 0 Å². The molecule has 2 rings (SSSR count). The molecule has 0 heterocycles. The molecule has 0 nitrogen and oxygen atoms in total. The van der Waals surface area contributed by atoms with Gasteiger partial charge >= 0.3 is 0 Å². The van der Waals surface area contributed by atoms with E-state index in [1.165, 1.54) is 42.0 Å². The Bertz CT molecular complexity index is 465. The molecule has 0 aliphatic rings. The highest BCUT2D eigenvalue weighted by Crippen LogP contribution is 2.22. The van der Waals surface area contributed by atoms with Crippen molar-refractivity contribution in [1.29, 1.82) is 0 Å². The van der Waals surface area contributed by atoms with Crippen molar-refractivity contribution in [2.75, 3.05) is 0 Å². The van der Waals surface area contributed by atoms with Crippen molar-refractivity contribution >= 4 is 10.8 Å². The molecular weight excluding hydrogens is 204 g/mol. The van der Waals surface area contributed by atoms with Crippen LogP contribution in [-0.4, -0.2) is 0 Å². The van der Waals surface area contributed by atoms with Crippen LogP contribution in [0.2, 0.25) is 0 Å². The number of hydrogen-bond acceptors (Lipinski definition) is 0. The SMILES string of the molecule is CCCCC(C)Cc1cccc2ccccc12. The lowest BCUT2D eigenvalue weighted by molar-refractivity contribution is 0.505. The van der Waals surface area contributed by atoms with Crippen LogP contribution in [0.3, 0.4) is 0 Å². The number of rotatable bonds is 5. The summed E-state index contributed by atoms with van der Waals surface area (Å²) in [5, 5.41) is 2.80. The van der Waals surface area contributed by atoms with Gasteiger partial charge in [0.15, 0.2) is 0 Å². The number of fused-ring (bicyclic) bond motifs is 1. The molecule has 0 bridgehead atoms. The number of hydrogen-bond donors (Lipinski definition) is 0. The molecule has 90 valence electrons. The van der Waals surface area contributed by atoms with Crippen LogP contribution in [-0.2, 0) is 6.42 Å². The van der Waals surface area contributed by atoms with Gasteiger partial charge in [-0.15, -0.1) is 0 Å². The van der Waals surface area contributed by atoms with Gasteiger partial charge in [-0.1, -0.05) is 75.6 Å². The number of unbranched alkanes of at least 4 members (excludes halogenated alkanes) is 1. The van der Waals surface area contributed by atoms with Gasteiger partial charge < -0.3 is 0 Å². The largest absolute Gasteiger partial charge is 0.0654 e. The van der Waals surface area contributed by atoms with Crippen LogP contribution in [0, 0.1) is 5.92 Å². The summed E-state index contributed by atoms with van der Waals surface area (Å²) in [5.74, 6) is 0.792. The summed E-state index contributed by atoms with van der Waals surface area (Å²) in [6.45, 7) is 4.64. The Balaban J connectivity index is 2.18. The van der Waals surface area contributed by atoms with E-state index in [2.05, 4.69) is 56.3 Å². The molecule has 0 heteroatoms. The van der Waals surface area contributed by atoms with Gasteiger partial charge in [0.05, 0.1) is 0 Å². The van der Waals surface area contributed by atoms with Crippen molar-refractivity contribution in [3.05, 3.63) is 48.0 Å². The van der Waals surface area contributed by atoms with Gasteiger partial charge in [-0.05, 0) is 28.7 Å². The van der Waals surface area contributed by atoms with E-state index in [0.29, 0.717) is 0 Å². The van der Waals surface area contributed by atoms with Crippen LogP contribution < -0.4 is 0 Å². The zero-order valence-corrected chi connectivity index (χ0v) is 10.9. The van der Waals surface area contributed by atoms with Gasteiger partial charge in [-0.2, -0.15) is 0 Å². The highest BCUT2D eigenvalue weighted by molar-refractivity contribution is 5.85. The lowest BCUT2D eigenvalue weighted by Crippen LogP contribution is -2.00. The molecule has 0 radical (unpaired) electrons. The maximum Gasteiger partial charge on any atom is -0.0152 e. The molecule has 17 heavy (non-hydrogen) atoms. The second-order valence-electron chi connectivity index (χ2n) is 5.09. The third kappa shape index (κ3) is 3.09. The summed E-state index contributed by atoms with van der Waals surface area (Å²) >= 11 is 0. The zero-order chi connectivity index (χ0) is 12.1. The quantitative estimate of drug-likeness (QED) is 0.656. The first kappa shape index (κ1) is 12.2. The molecule has 0 fully saturated rings. The van der Waals surface area contributed by atoms with Gasteiger partial charge in [0.2, 0.25) is 0 Å². The predicted molar refractivity (Wildman–Crippen MR) is 76.3 cm³/mol. The molecule has 0 amide bonds. The summed E-state index contributed by atoms with van der Waals surface area (Å²) in [7, 11) is 0. The van der Waals surface area contributed by atoms with E-state index in [-0.39, 0.29) is 0 Å². The first-order valence-corrected chi connectivity index (χ1v) is 6.78. The first-order valence-electron chi connectivity index (χ1n) is 6.78. The second-order valence-corrected chi connectivity index (χ2v) is 5.09. The molecule has 0 saturated heterocycles. The molecule has 2 aromatic rings. The van der Waals surface area contributed by atoms with E-state index < -0.39 is 0 Å². The molecule has 0 saturated carbocycles. The monoisotopic (exact) mass is 226 g/mol. The Hall–Kier alpha value is -1.30. The Morgan fingerprint density at radius 1 is 1.00 bits per heavy atom. The van der Waals surface area contributed by atoms with E-state index in [1.54, 1.807) is 0 Å². The average Bonchev–Trinajstić information content (AvgIpc) is 2.37. The van der Waals surface area contributed by atoms with E-state index in [1.807, 2.05) is 0 Å². The molecule has 0 spiro atoms. The smallest absolute Gasteiger partial charge is 0.0152 e. The molecule has 2 aromatic carbocycles. The molecule has 0 aliphatic carbocycles. The van der Waals surface area contributed by atoms with Crippen LogP contribution in [0.1, 0.15) is 38.7 Å². The Kier molecular flexibility index (Phi) is 4.19. The summed E-state index contributed by atoms with van der Waals surface area (Å²) in [6.07, 6.45) is 5.22. The van der Waals surface area contributed by atoms with Gasteiger partial charge in [-0.25, -0.2) is 0 Å². The fraction of sp³-hybridized carbons (Fsp3) is 0.412. The lowest BCUT2D eigenvalue weighted by atomic mass is 9.93. The fourth-order valence-electron chi connectivity index (χ4n) is 2.50. The van der Waals surface area contributed by atoms with E-state index >= 15 is 0 Å². The molecule has 0 aromatic heterocycles. The molecule has 1 unspecified atom stereocenters. The maximum absolute atomic E-state index is 2.37. The lowest BCUT2D eigenvalue weighted by Gasteiger charge is -2.12. The number of benzene rings is 2. The van der Waals surface area contributed by atoms with E-state index in [4.69, 9.17) is 0 Å². The van der Waals surface area contributed by atoms with Gasteiger partial charge in [0.25, 0.3) is 0 Å². The molecule has 0 aliphatic heterocycles. The van der Waals surface area contributed by atoms with Gasteiger partial charge in [0, 0.05) is 0 Å². The standard InChI is InChI=1S/C17H22/c1-3-4-8-14(2)13-16-11-7-10-15-9-5-6-12-17(15)16/h5-7,9-12,14H,3-4,8,13H2,1-2H3. The maximum atomic E-state index is 2.37. The minimum absolute atomic E-state index is 0.792. The summed E-state index contributed by atoms with van der Waals surface area (Å²) in [5.41, 5.74) is 1.51. The van der Waals surface area contributed by atoms with Crippen LogP contribution in [0.15, 0.2) is 42.5 Å². The Labute approximate surface area is 105 Å². The van der Waals surface area contributed by atoms with Crippen molar-refractivity contribution in [3.8, 4) is 0 Å². The van der Waals surface area contributed by atoms with Crippen LogP contribution in [0.25, 0.3) is 10.8 Å². The summed E-state index contributed by atoms with van der Waals surface area (Å²) in [6, 6.07) is 15.4. The predicted octanol–water partition coefficient (Wildman–Crippen LogP) is 5.21. The minimum atomic E-state index is 0.792. The Morgan fingerprint density at radius 3 is 2.59 bits per heavy atom.